The molecule has 128 valence electrons. The van der Waals surface area contributed by atoms with Crippen molar-refractivity contribution in [3.8, 4) is 6.07 Å². The Morgan fingerprint density at radius 3 is 2.67 bits per heavy atom. The summed E-state index contributed by atoms with van der Waals surface area (Å²) >= 11 is 0. The summed E-state index contributed by atoms with van der Waals surface area (Å²) in [4.78, 5) is 30.1. The molecule has 0 saturated carbocycles. The minimum atomic E-state index is -0.721. The first kappa shape index (κ1) is 17.9. The zero-order valence-electron chi connectivity index (χ0n) is 14.0. The maximum Gasteiger partial charge on any atom is 0.238 e. The number of amides is 2. The van der Waals surface area contributed by atoms with Crippen molar-refractivity contribution in [2.45, 2.75) is 45.8 Å². The lowest BCUT2D eigenvalue weighted by Gasteiger charge is -2.27. The highest BCUT2D eigenvalue weighted by Gasteiger charge is 2.25. The van der Waals surface area contributed by atoms with E-state index >= 15 is 0 Å². The fourth-order valence-corrected chi connectivity index (χ4v) is 2.51. The number of anilines is 1. The van der Waals surface area contributed by atoms with Crippen LogP contribution in [0.1, 0.15) is 44.7 Å². The lowest BCUT2D eigenvalue weighted by Crippen LogP contribution is -2.34. The second kappa shape index (κ2) is 6.97. The first-order chi connectivity index (χ1) is 11.2. The van der Waals surface area contributed by atoms with Gasteiger partial charge < -0.3 is 4.90 Å². The second-order valence-electron chi connectivity index (χ2n) is 6.63. The molecular formula is C17H20FN3O3. The van der Waals surface area contributed by atoms with E-state index in [0.29, 0.717) is 19.4 Å². The summed E-state index contributed by atoms with van der Waals surface area (Å²) in [7, 11) is 0. The van der Waals surface area contributed by atoms with Gasteiger partial charge in [0.1, 0.15) is 5.69 Å². The molecule has 0 radical (unpaired) electrons. The van der Waals surface area contributed by atoms with E-state index in [2.05, 4.69) is 0 Å². The number of carbonyl (C=O) groups is 2. The Balaban J connectivity index is 2.40. The maximum absolute atomic E-state index is 14.9. The Hall–Kier alpha value is -2.46. The standard InChI is InChI=1S/C17H20FN3O3/c1-17(2,3)24-21(11-22)14-8-12(9-19)7-13(16(14)18)10-20-6-4-5-15(20)23/h7-8,11H,4-6,10H2,1-3H3. The van der Waals surface area contributed by atoms with Gasteiger partial charge in [-0.3, -0.25) is 14.4 Å². The minimum Gasteiger partial charge on any atom is -0.338 e. The van der Waals surface area contributed by atoms with Gasteiger partial charge in [0.25, 0.3) is 0 Å². The number of nitriles is 1. The van der Waals surface area contributed by atoms with Crippen molar-refractivity contribution >= 4 is 18.0 Å². The topological polar surface area (TPSA) is 73.6 Å². The van der Waals surface area contributed by atoms with Gasteiger partial charge in [0.05, 0.1) is 17.2 Å². The van der Waals surface area contributed by atoms with Gasteiger partial charge in [-0.25, -0.2) is 4.39 Å². The number of likely N-dealkylation sites (tertiary alicyclic amines) is 1. The fraction of sp³-hybridized carbons (Fsp3) is 0.471. The van der Waals surface area contributed by atoms with Crippen molar-refractivity contribution in [2.24, 2.45) is 0 Å². The summed E-state index contributed by atoms with van der Waals surface area (Å²) in [6.07, 6.45) is 1.54. The predicted octanol–water partition coefficient (Wildman–Crippen LogP) is 2.51. The lowest BCUT2D eigenvalue weighted by molar-refractivity contribution is -0.128. The van der Waals surface area contributed by atoms with E-state index in [9.17, 15) is 19.2 Å². The van der Waals surface area contributed by atoms with E-state index in [1.54, 1.807) is 25.7 Å². The second-order valence-corrected chi connectivity index (χ2v) is 6.63. The summed E-state index contributed by atoms with van der Waals surface area (Å²) in [6, 6.07) is 4.59. The highest BCUT2D eigenvalue weighted by molar-refractivity contribution is 5.78. The van der Waals surface area contributed by atoms with Gasteiger partial charge in [0.2, 0.25) is 12.3 Å². The number of hydrogen-bond acceptors (Lipinski definition) is 4. The van der Waals surface area contributed by atoms with Crippen LogP contribution in [-0.4, -0.2) is 29.4 Å². The van der Waals surface area contributed by atoms with Crippen LogP contribution < -0.4 is 5.06 Å². The van der Waals surface area contributed by atoms with Crippen molar-refractivity contribution in [3.05, 3.63) is 29.1 Å². The van der Waals surface area contributed by atoms with Gasteiger partial charge in [-0.05, 0) is 39.3 Å². The van der Waals surface area contributed by atoms with Gasteiger partial charge in [-0.15, -0.1) is 0 Å². The third-order valence-corrected chi connectivity index (χ3v) is 3.50. The van der Waals surface area contributed by atoms with Crippen molar-refractivity contribution in [2.75, 3.05) is 11.6 Å². The Labute approximate surface area is 140 Å². The van der Waals surface area contributed by atoms with E-state index in [1.807, 2.05) is 6.07 Å². The van der Waals surface area contributed by atoms with E-state index in [0.717, 1.165) is 11.5 Å². The normalized spacial score (nSPS) is 14.6. The zero-order valence-corrected chi connectivity index (χ0v) is 14.0. The van der Waals surface area contributed by atoms with Crippen LogP contribution in [-0.2, 0) is 21.0 Å². The van der Waals surface area contributed by atoms with Crippen molar-refractivity contribution in [1.29, 1.82) is 5.26 Å². The van der Waals surface area contributed by atoms with Crippen LogP contribution >= 0.6 is 0 Å². The molecule has 24 heavy (non-hydrogen) atoms. The summed E-state index contributed by atoms with van der Waals surface area (Å²) in [5, 5.41) is 9.96. The SMILES string of the molecule is CC(C)(C)ON(C=O)c1cc(C#N)cc(CN2CCCC2=O)c1F. The fourth-order valence-electron chi connectivity index (χ4n) is 2.51. The third kappa shape index (κ3) is 4.09. The largest absolute Gasteiger partial charge is 0.338 e. The molecule has 0 atom stereocenters. The van der Waals surface area contributed by atoms with Crippen molar-refractivity contribution in [3.63, 3.8) is 0 Å². The van der Waals surface area contributed by atoms with Crippen molar-refractivity contribution < 1.29 is 18.8 Å². The number of rotatable bonds is 5. The molecule has 1 saturated heterocycles. The Morgan fingerprint density at radius 2 is 2.17 bits per heavy atom. The number of hydrogen-bond donors (Lipinski definition) is 0. The molecule has 1 aliphatic heterocycles. The van der Waals surface area contributed by atoms with Gasteiger partial charge >= 0.3 is 0 Å². The monoisotopic (exact) mass is 333 g/mol. The molecule has 2 amide bonds. The van der Waals surface area contributed by atoms with Gasteiger partial charge in [-0.1, -0.05) is 0 Å². The van der Waals surface area contributed by atoms with Crippen LogP contribution in [0.5, 0.6) is 0 Å². The van der Waals surface area contributed by atoms with Gasteiger partial charge in [0, 0.05) is 25.1 Å². The molecule has 1 aromatic rings. The number of hydroxylamine groups is 1. The molecule has 0 spiro atoms. The number of benzene rings is 1. The van der Waals surface area contributed by atoms with E-state index in [-0.39, 0.29) is 29.3 Å². The minimum absolute atomic E-state index is 0.0449. The van der Waals surface area contributed by atoms with Gasteiger partial charge in [-0.2, -0.15) is 10.3 Å². The van der Waals surface area contributed by atoms with Crippen LogP contribution in [0.15, 0.2) is 12.1 Å². The molecule has 0 N–H and O–H groups in total. The molecule has 1 heterocycles. The third-order valence-electron chi connectivity index (χ3n) is 3.50. The molecule has 0 aliphatic carbocycles. The quantitative estimate of drug-likeness (QED) is 0.613. The van der Waals surface area contributed by atoms with E-state index in [4.69, 9.17) is 4.84 Å². The number of halogens is 1. The Bertz CT molecular complexity index is 692. The zero-order chi connectivity index (χ0) is 17.9. The Kier molecular flexibility index (Phi) is 5.20. The average molecular weight is 333 g/mol. The molecule has 6 nitrogen and oxygen atoms in total. The highest BCUT2D eigenvalue weighted by Crippen LogP contribution is 2.28. The number of nitrogens with zero attached hydrogens (tertiary/aromatic N) is 3. The predicted molar refractivity (Wildman–Crippen MR) is 85.1 cm³/mol. The van der Waals surface area contributed by atoms with Crippen LogP contribution in [0.3, 0.4) is 0 Å². The summed E-state index contributed by atoms with van der Waals surface area (Å²) in [5.74, 6) is -0.721. The van der Waals surface area contributed by atoms with E-state index < -0.39 is 11.4 Å². The van der Waals surface area contributed by atoms with E-state index in [1.165, 1.54) is 12.1 Å². The molecule has 0 unspecified atom stereocenters. The van der Waals surface area contributed by atoms with Crippen LogP contribution in [0.4, 0.5) is 10.1 Å². The first-order valence-electron chi connectivity index (χ1n) is 7.69. The van der Waals surface area contributed by atoms with Crippen molar-refractivity contribution in [1.82, 2.24) is 4.90 Å². The highest BCUT2D eigenvalue weighted by atomic mass is 19.1. The molecule has 1 aliphatic rings. The molecule has 1 fully saturated rings. The van der Waals surface area contributed by atoms with Crippen LogP contribution in [0.25, 0.3) is 0 Å². The molecule has 1 aromatic carbocycles. The molecule has 0 bridgehead atoms. The summed E-state index contributed by atoms with van der Waals surface area (Å²) in [6.45, 7) is 5.79. The molecule has 2 rings (SSSR count). The molecule has 0 aromatic heterocycles. The average Bonchev–Trinajstić information content (AvgIpc) is 2.91. The molecule has 7 heteroatoms. The van der Waals surface area contributed by atoms with Crippen LogP contribution in [0.2, 0.25) is 0 Å². The number of carbonyl (C=O) groups excluding carboxylic acids is 2. The maximum atomic E-state index is 14.9. The smallest absolute Gasteiger partial charge is 0.238 e. The molecular weight excluding hydrogens is 313 g/mol. The first-order valence-corrected chi connectivity index (χ1v) is 7.69. The lowest BCUT2D eigenvalue weighted by atomic mass is 10.1. The van der Waals surface area contributed by atoms with Gasteiger partial charge in [0.15, 0.2) is 5.82 Å². The van der Waals surface area contributed by atoms with Crippen LogP contribution in [0, 0.1) is 17.1 Å². The Morgan fingerprint density at radius 1 is 1.46 bits per heavy atom. The summed E-state index contributed by atoms with van der Waals surface area (Å²) < 4.78 is 14.9. The summed E-state index contributed by atoms with van der Waals surface area (Å²) in [5.41, 5.74) is -0.483.